The molecule has 2 nitrogen and oxygen atoms in total. The van der Waals surface area contributed by atoms with Crippen molar-refractivity contribution in [3.63, 3.8) is 0 Å². The fourth-order valence-corrected chi connectivity index (χ4v) is 2.28. The molecule has 0 spiro atoms. The highest BCUT2D eigenvalue weighted by Gasteiger charge is 1.96. The van der Waals surface area contributed by atoms with E-state index in [9.17, 15) is 0 Å². The zero-order valence-electron chi connectivity index (χ0n) is 10.9. The smallest absolute Gasteiger partial charge is 0.0634 e. The molecule has 2 heteroatoms. The van der Waals surface area contributed by atoms with Crippen LogP contribution in [0.15, 0.2) is 35.4 Å². The molecule has 18 heavy (non-hydrogen) atoms. The van der Waals surface area contributed by atoms with E-state index < -0.39 is 0 Å². The van der Waals surface area contributed by atoms with Gasteiger partial charge in [-0.2, -0.15) is 5.10 Å². The Hall–Kier alpha value is -1.57. The monoisotopic (exact) mass is 242 g/mol. The number of hydrogen-bond acceptors (Lipinski definition) is 2. The van der Waals surface area contributed by atoms with Crippen LogP contribution in [0, 0.1) is 0 Å². The first kappa shape index (κ1) is 12.9. The fourth-order valence-electron chi connectivity index (χ4n) is 2.28. The molecule has 1 fully saturated rings. The molecule has 1 heterocycles. The Morgan fingerprint density at radius 2 is 1.44 bits per heavy atom. The lowest BCUT2D eigenvalue weighted by molar-refractivity contribution is 0.702. The standard InChI is InChI=1S/C9H8N2.C7H14/c1-2-6-9-8(4-1)5-3-7-10-11-9;1-2-4-6-7-5-3-1/h1-7,11H;1-7H2. The van der Waals surface area contributed by atoms with Crippen LogP contribution in [0.4, 0.5) is 5.69 Å². The number of benzene rings is 1. The van der Waals surface area contributed by atoms with E-state index in [0.29, 0.717) is 0 Å². The summed E-state index contributed by atoms with van der Waals surface area (Å²) in [6, 6.07) is 8.05. The minimum Gasteiger partial charge on any atom is -0.278 e. The van der Waals surface area contributed by atoms with Crippen LogP contribution < -0.4 is 5.43 Å². The minimum absolute atomic E-state index is 1.05. The van der Waals surface area contributed by atoms with Crippen LogP contribution >= 0.6 is 0 Å². The first-order valence-corrected chi connectivity index (χ1v) is 7.01. The number of nitrogens with one attached hydrogen (secondary N) is 1. The molecule has 0 amide bonds. The topological polar surface area (TPSA) is 24.4 Å². The molecule has 1 aliphatic carbocycles. The predicted molar refractivity (Wildman–Crippen MR) is 79.9 cm³/mol. The van der Waals surface area contributed by atoms with Crippen LogP contribution in [0.5, 0.6) is 0 Å². The Morgan fingerprint density at radius 3 is 2.11 bits per heavy atom. The van der Waals surface area contributed by atoms with E-state index >= 15 is 0 Å². The molecular weight excluding hydrogens is 220 g/mol. The molecule has 96 valence electrons. The number of para-hydroxylation sites is 1. The largest absolute Gasteiger partial charge is 0.278 e. The minimum atomic E-state index is 1.05. The van der Waals surface area contributed by atoms with E-state index in [4.69, 9.17) is 0 Å². The molecule has 1 aromatic rings. The lowest BCUT2D eigenvalue weighted by Crippen LogP contribution is -1.87. The molecule has 0 atom stereocenters. The second-order valence-electron chi connectivity index (χ2n) is 4.81. The summed E-state index contributed by atoms with van der Waals surface area (Å²) in [7, 11) is 0. The number of hydrogen-bond donors (Lipinski definition) is 1. The van der Waals surface area contributed by atoms with Crippen LogP contribution in [-0.2, 0) is 0 Å². The Balaban J connectivity index is 0.000000149. The Bertz CT molecular complexity index is 388. The zero-order valence-corrected chi connectivity index (χ0v) is 10.9. The van der Waals surface area contributed by atoms with Crippen molar-refractivity contribution in [3.8, 4) is 0 Å². The highest BCUT2D eigenvalue weighted by atomic mass is 15.3. The SMILES string of the molecule is C1=Cc2ccccc2NN=C1.C1CCCCCC1. The van der Waals surface area contributed by atoms with E-state index in [0.717, 1.165) is 5.69 Å². The highest BCUT2D eigenvalue weighted by molar-refractivity contribution is 5.83. The van der Waals surface area contributed by atoms with E-state index in [1.165, 1.54) is 50.5 Å². The first-order valence-electron chi connectivity index (χ1n) is 7.01. The molecule has 0 saturated heterocycles. The van der Waals surface area contributed by atoms with Crippen molar-refractivity contribution < 1.29 is 0 Å². The quantitative estimate of drug-likeness (QED) is 0.647. The van der Waals surface area contributed by atoms with E-state index in [2.05, 4.69) is 10.5 Å². The lowest BCUT2D eigenvalue weighted by atomic mass is 10.2. The van der Waals surface area contributed by atoms with Gasteiger partial charge in [0.1, 0.15) is 0 Å². The van der Waals surface area contributed by atoms with Crippen molar-refractivity contribution in [2.75, 3.05) is 5.43 Å². The maximum atomic E-state index is 3.95. The van der Waals surface area contributed by atoms with Crippen molar-refractivity contribution in [2.24, 2.45) is 5.10 Å². The average Bonchev–Trinajstić information content (AvgIpc) is 2.84. The highest BCUT2D eigenvalue weighted by Crippen LogP contribution is 2.17. The van der Waals surface area contributed by atoms with Gasteiger partial charge in [0.2, 0.25) is 0 Å². The zero-order chi connectivity index (χ0) is 12.5. The van der Waals surface area contributed by atoms with Gasteiger partial charge in [-0.3, -0.25) is 5.43 Å². The fraction of sp³-hybridized carbons (Fsp3) is 0.438. The number of rotatable bonds is 0. The summed E-state index contributed by atoms with van der Waals surface area (Å²) in [4.78, 5) is 0. The number of nitrogens with zero attached hydrogens (tertiary/aromatic N) is 1. The van der Waals surface area contributed by atoms with Crippen molar-refractivity contribution >= 4 is 18.0 Å². The Kier molecular flexibility index (Phi) is 5.51. The summed E-state index contributed by atoms with van der Waals surface area (Å²) < 4.78 is 0. The van der Waals surface area contributed by atoms with Gasteiger partial charge in [-0.15, -0.1) is 0 Å². The molecule has 0 unspecified atom stereocenters. The van der Waals surface area contributed by atoms with Crippen molar-refractivity contribution in [3.05, 3.63) is 35.9 Å². The Labute approximate surface area is 110 Å². The van der Waals surface area contributed by atoms with Gasteiger partial charge < -0.3 is 0 Å². The van der Waals surface area contributed by atoms with Gasteiger partial charge in [-0.25, -0.2) is 0 Å². The molecular formula is C16H22N2. The summed E-state index contributed by atoms with van der Waals surface area (Å²) in [6.07, 6.45) is 16.2. The van der Waals surface area contributed by atoms with Gasteiger partial charge in [-0.05, 0) is 17.7 Å². The third kappa shape index (κ3) is 4.36. The summed E-state index contributed by atoms with van der Waals surface area (Å²) >= 11 is 0. The normalized spacial score (nSPS) is 17.6. The van der Waals surface area contributed by atoms with Gasteiger partial charge >= 0.3 is 0 Å². The number of hydrazone groups is 1. The Morgan fingerprint density at radius 1 is 0.833 bits per heavy atom. The summed E-state index contributed by atoms with van der Waals surface area (Å²) in [5.41, 5.74) is 5.16. The number of allylic oxidation sites excluding steroid dienone is 1. The molecule has 1 aliphatic heterocycles. The van der Waals surface area contributed by atoms with Crippen LogP contribution in [0.25, 0.3) is 6.08 Å². The maximum absolute atomic E-state index is 3.95. The van der Waals surface area contributed by atoms with Crippen LogP contribution in [0.2, 0.25) is 0 Å². The van der Waals surface area contributed by atoms with Crippen molar-refractivity contribution in [1.29, 1.82) is 0 Å². The first-order chi connectivity index (χ1) is 8.97. The molecule has 1 saturated carbocycles. The van der Waals surface area contributed by atoms with Gasteiger partial charge in [-0.1, -0.05) is 69.2 Å². The molecule has 0 aromatic heterocycles. The number of fused-ring (bicyclic) bond motifs is 1. The maximum Gasteiger partial charge on any atom is 0.0634 e. The van der Waals surface area contributed by atoms with Crippen molar-refractivity contribution in [2.45, 2.75) is 44.9 Å². The summed E-state index contributed by atoms with van der Waals surface area (Å²) in [5, 5.41) is 3.95. The third-order valence-corrected chi connectivity index (χ3v) is 3.33. The third-order valence-electron chi connectivity index (χ3n) is 3.33. The van der Waals surface area contributed by atoms with E-state index in [-0.39, 0.29) is 0 Å². The molecule has 2 aliphatic rings. The second-order valence-corrected chi connectivity index (χ2v) is 4.81. The average molecular weight is 242 g/mol. The summed E-state index contributed by atoms with van der Waals surface area (Å²) in [5.74, 6) is 0. The molecule has 3 rings (SSSR count). The predicted octanol–water partition coefficient (Wildman–Crippen LogP) is 4.84. The van der Waals surface area contributed by atoms with Crippen LogP contribution in [0.3, 0.4) is 0 Å². The van der Waals surface area contributed by atoms with Crippen molar-refractivity contribution in [1.82, 2.24) is 0 Å². The van der Waals surface area contributed by atoms with Gasteiger partial charge in [0, 0.05) is 6.21 Å². The van der Waals surface area contributed by atoms with Crippen LogP contribution in [-0.4, -0.2) is 6.21 Å². The van der Waals surface area contributed by atoms with E-state index in [1.807, 2.05) is 36.4 Å². The van der Waals surface area contributed by atoms with Gasteiger partial charge in [0.25, 0.3) is 0 Å². The molecule has 1 aromatic carbocycles. The number of anilines is 1. The molecule has 0 radical (unpaired) electrons. The van der Waals surface area contributed by atoms with Crippen LogP contribution in [0.1, 0.15) is 50.5 Å². The second kappa shape index (κ2) is 7.70. The molecule has 0 bridgehead atoms. The lowest BCUT2D eigenvalue weighted by Gasteiger charge is -2.00. The van der Waals surface area contributed by atoms with Gasteiger partial charge in [0.15, 0.2) is 0 Å². The molecule has 1 N–H and O–H groups in total. The van der Waals surface area contributed by atoms with E-state index in [1.54, 1.807) is 6.21 Å². The van der Waals surface area contributed by atoms with Gasteiger partial charge in [0.05, 0.1) is 5.69 Å². The summed E-state index contributed by atoms with van der Waals surface area (Å²) in [6.45, 7) is 0.